The molecule has 0 radical (unpaired) electrons. The Bertz CT molecular complexity index is 602. The molecule has 3 nitrogen and oxygen atoms in total. The third kappa shape index (κ3) is 4.33. The molecule has 0 amide bonds. The van der Waals surface area contributed by atoms with E-state index in [0.717, 1.165) is 19.1 Å². The van der Waals surface area contributed by atoms with Crippen LogP contribution < -0.4 is 4.74 Å². The van der Waals surface area contributed by atoms with Crippen molar-refractivity contribution in [2.24, 2.45) is 5.92 Å². The molecule has 0 spiro atoms. The van der Waals surface area contributed by atoms with Crippen LogP contribution in [0.1, 0.15) is 43.9 Å². The molecule has 0 heterocycles. The Morgan fingerprint density at radius 1 is 1.22 bits per heavy atom. The van der Waals surface area contributed by atoms with Gasteiger partial charge in [-0.3, -0.25) is 0 Å². The number of phenols is 2. The number of rotatable bonds is 5. The van der Waals surface area contributed by atoms with E-state index in [0.29, 0.717) is 5.92 Å². The van der Waals surface area contributed by atoms with E-state index in [9.17, 15) is 23.4 Å². The summed E-state index contributed by atoms with van der Waals surface area (Å²) in [5.74, 6) is -1.81. The highest BCUT2D eigenvalue weighted by atomic mass is 19.4. The van der Waals surface area contributed by atoms with Crippen LogP contribution in [0.4, 0.5) is 13.2 Å². The molecule has 0 unspecified atom stereocenters. The van der Waals surface area contributed by atoms with Crippen LogP contribution >= 0.6 is 0 Å². The Morgan fingerprint density at radius 2 is 1.78 bits per heavy atom. The van der Waals surface area contributed by atoms with Crippen LogP contribution in [-0.4, -0.2) is 17.3 Å². The average molecular weight is 332 g/mol. The summed E-state index contributed by atoms with van der Waals surface area (Å²) in [5, 5.41) is 20.1. The molecule has 0 bridgehead atoms. The van der Waals surface area contributed by atoms with Gasteiger partial charge in [0, 0.05) is 11.1 Å². The SMILES string of the molecule is COc1c(O)c(C)c(C/C=C(\C)CC(C)C)c(O)c1C(F)(F)F. The molecule has 2 N–H and O–H groups in total. The van der Waals surface area contributed by atoms with Gasteiger partial charge in [0.05, 0.1) is 7.11 Å². The number of alkyl halides is 3. The van der Waals surface area contributed by atoms with E-state index in [-0.39, 0.29) is 17.5 Å². The van der Waals surface area contributed by atoms with Crippen molar-refractivity contribution in [3.63, 3.8) is 0 Å². The lowest BCUT2D eigenvalue weighted by Gasteiger charge is -2.20. The summed E-state index contributed by atoms with van der Waals surface area (Å²) in [6.45, 7) is 7.43. The molecule has 0 atom stereocenters. The quantitative estimate of drug-likeness (QED) is 0.591. The smallest absolute Gasteiger partial charge is 0.423 e. The molecule has 0 fully saturated rings. The minimum Gasteiger partial charge on any atom is -0.507 e. The van der Waals surface area contributed by atoms with Crippen LogP contribution in [0.25, 0.3) is 0 Å². The van der Waals surface area contributed by atoms with Gasteiger partial charge in [-0.25, -0.2) is 0 Å². The van der Waals surface area contributed by atoms with Gasteiger partial charge in [0.25, 0.3) is 0 Å². The van der Waals surface area contributed by atoms with Gasteiger partial charge >= 0.3 is 6.18 Å². The third-order valence-electron chi connectivity index (χ3n) is 3.65. The Balaban J connectivity index is 3.42. The maximum Gasteiger partial charge on any atom is 0.423 e. The molecule has 130 valence electrons. The highest BCUT2D eigenvalue weighted by molar-refractivity contribution is 5.63. The van der Waals surface area contributed by atoms with Gasteiger partial charge in [0.2, 0.25) is 0 Å². The number of halogens is 3. The molecular weight excluding hydrogens is 309 g/mol. The van der Waals surface area contributed by atoms with Crippen LogP contribution in [0.15, 0.2) is 11.6 Å². The molecule has 0 aromatic heterocycles. The molecule has 0 saturated heterocycles. The first kappa shape index (κ1) is 19.2. The van der Waals surface area contributed by atoms with E-state index in [1.807, 2.05) is 20.8 Å². The van der Waals surface area contributed by atoms with E-state index < -0.39 is 29.0 Å². The van der Waals surface area contributed by atoms with E-state index in [1.165, 1.54) is 6.92 Å². The predicted molar refractivity (Wildman–Crippen MR) is 83.0 cm³/mol. The summed E-state index contributed by atoms with van der Waals surface area (Å²) in [6.07, 6.45) is -2.13. The predicted octanol–water partition coefficient (Wildman–Crippen LogP) is 4.97. The minimum absolute atomic E-state index is 0.0544. The maximum absolute atomic E-state index is 13.2. The lowest BCUT2D eigenvalue weighted by atomic mass is 9.95. The maximum atomic E-state index is 13.2. The molecule has 1 aromatic carbocycles. The van der Waals surface area contributed by atoms with Crippen molar-refractivity contribution < 1.29 is 28.1 Å². The number of phenolic OH excluding ortho intramolecular Hbond substituents is 2. The average Bonchev–Trinajstić information content (AvgIpc) is 2.40. The summed E-state index contributed by atoms with van der Waals surface area (Å²) in [7, 11) is 1.02. The summed E-state index contributed by atoms with van der Waals surface area (Å²) in [4.78, 5) is 0. The highest BCUT2D eigenvalue weighted by Gasteiger charge is 2.41. The van der Waals surface area contributed by atoms with Crippen molar-refractivity contribution in [3.05, 3.63) is 28.3 Å². The summed E-state index contributed by atoms with van der Waals surface area (Å²) in [5.41, 5.74) is -0.0876. The molecule has 0 aliphatic carbocycles. The monoisotopic (exact) mass is 332 g/mol. The number of ether oxygens (including phenoxy) is 1. The van der Waals surface area contributed by atoms with E-state index in [4.69, 9.17) is 0 Å². The van der Waals surface area contributed by atoms with Crippen molar-refractivity contribution in [1.82, 2.24) is 0 Å². The van der Waals surface area contributed by atoms with Crippen molar-refractivity contribution in [1.29, 1.82) is 0 Å². The molecule has 1 rings (SSSR count). The molecule has 0 saturated carbocycles. The van der Waals surface area contributed by atoms with Crippen LogP contribution in [0.2, 0.25) is 0 Å². The first-order valence-corrected chi connectivity index (χ1v) is 7.34. The highest BCUT2D eigenvalue weighted by Crippen LogP contribution is 2.50. The van der Waals surface area contributed by atoms with Gasteiger partial charge in [-0.2, -0.15) is 13.2 Å². The third-order valence-corrected chi connectivity index (χ3v) is 3.65. The fourth-order valence-electron chi connectivity index (χ4n) is 2.58. The van der Waals surface area contributed by atoms with E-state index >= 15 is 0 Å². The number of methoxy groups -OCH3 is 1. The number of allylic oxidation sites excluding steroid dienone is 2. The van der Waals surface area contributed by atoms with Crippen molar-refractivity contribution >= 4 is 0 Å². The minimum atomic E-state index is -4.83. The fraction of sp³-hybridized carbons (Fsp3) is 0.529. The van der Waals surface area contributed by atoms with Gasteiger partial charge in [0.15, 0.2) is 11.5 Å². The molecule has 23 heavy (non-hydrogen) atoms. The van der Waals surface area contributed by atoms with Crippen molar-refractivity contribution in [3.8, 4) is 17.2 Å². The lowest BCUT2D eigenvalue weighted by Crippen LogP contribution is -2.10. The molecule has 0 aliphatic heterocycles. The molecule has 0 aliphatic rings. The van der Waals surface area contributed by atoms with E-state index in [1.54, 1.807) is 6.08 Å². The first-order valence-electron chi connectivity index (χ1n) is 7.34. The Hall–Kier alpha value is -1.85. The molecule has 1 aromatic rings. The van der Waals surface area contributed by atoms with Gasteiger partial charge in [-0.05, 0) is 32.6 Å². The van der Waals surface area contributed by atoms with Crippen LogP contribution in [0.3, 0.4) is 0 Å². The fourth-order valence-corrected chi connectivity index (χ4v) is 2.58. The van der Waals surface area contributed by atoms with Crippen molar-refractivity contribution in [2.75, 3.05) is 7.11 Å². The summed E-state index contributed by atoms with van der Waals surface area (Å²) in [6, 6.07) is 0. The molecular formula is C17H23F3O3. The Kier molecular flexibility index (Phi) is 5.97. The van der Waals surface area contributed by atoms with Gasteiger partial charge < -0.3 is 14.9 Å². The second-order valence-electron chi connectivity index (χ2n) is 6.06. The van der Waals surface area contributed by atoms with Gasteiger partial charge in [0.1, 0.15) is 11.3 Å². The summed E-state index contributed by atoms with van der Waals surface area (Å²) >= 11 is 0. The zero-order chi connectivity index (χ0) is 17.9. The number of aromatic hydroxyl groups is 2. The van der Waals surface area contributed by atoms with Crippen LogP contribution in [0, 0.1) is 12.8 Å². The largest absolute Gasteiger partial charge is 0.507 e. The summed E-state index contributed by atoms with van der Waals surface area (Å²) < 4.78 is 44.2. The molecule has 6 heteroatoms. The zero-order valence-electron chi connectivity index (χ0n) is 14.0. The Labute approximate surface area is 134 Å². The standard InChI is InChI=1S/C17H23F3O3/c1-9(2)8-10(3)6-7-12-11(4)14(21)16(23-5)13(15(12)22)17(18,19)20/h6,9,21-22H,7-8H2,1-5H3/b10-6+. The van der Waals surface area contributed by atoms with Crippen LogP contribution in [0.5, 0.6) is 17.2 Å². The second kappa shape index (κ2) is 7.15. The first-order chi connectivity index (χ1) is 10.5. The number of hydrogen-bond donors (Lipinski definition) is 2. The Morgan fingerprint density at radius 3 is 2.22 bits per heavy atom. The number of benzene rings is 1. The zero-order valence-corrected chi connectivity index (χ0v) is 14.0. The van der Waals surface area contributed by atoms with Gasteiger partial charge in [-0.15, -0.1) is 0 Å². The van der Waals surface area contributed by atoms with Crippen LogP contribution in [-0.2, 0) is 12.6 Å². The second-order valence-corrected chi connectivity index (χ2v) is 6.06. The topological polar surface area (TPSA) is 49.7 Å². The normalized spacial score (nSPS) is 12.8. The van der Waals surface area contributed by atoms with E-state index in [2.05, 4.69) is 4.74 Å². The lowest BCUT2D eigenvalue weighted by molar-refractivity contribution is -0.140. The number of hydrogen-bond acceptors (Lipinski definition) is 3. The van der Waals surface area contributed by atoms with Crippen molar-refractivity contribution in [2.45, 2.75) is 46.7 Å². The van der Waals surface area contributed by atoms with Gasteiger partial charge in [-0.1, -0.05) is 25.5 Å².